The molecule has 514 valence electrons. The van der Waals surface area contributed by atoms with Gasteiger partial charge in [-0.1, -0.05) is 227 Å². The number of allylic oxidation sites excluding steroid dienone is 13. The van der Waals surface area contributed by atoms with Gasteiger partial charge in [0.15, 0.2) is 18.9 Å². The Hall–Kier alpha value is -3.03. The first kappa shape index (κ1) is 80.2. The van der Waals surface area contributed by atoms with Crippen LogP contribution < -0.4 is 5.32 Å². The molecule has 3 fully saturated rings. The number of aliphatic hydroxyl groups excluding tert-OH is 11. The Morgan fingerprint density at radius 3 is 1.21 bits per heavy atom. The molecule has 0 saturated carbocycles. The predicted octanol–water partition coefficient (Wildman–Crippen LogP) is 8.71. The number of nitrogens with one attached hydrogen (secondary N) is 1. The second-order valence-corrected chi connectivity index (χ2v) is 24.3. The predicted molar refractivity (Wildman–Crippen MR) is 346 cm³/mol. The zero-order valence-electron chi connectivity index (χ0n) is 54.1. The van der Waals surface area contributed by atoms with E-state index in [4.69, 9.17) is 28.4 Å². The van der Waals surface area contributed by atoms with Crippen LogP contribution in [0.15, 0.2) is 85.1 Å². The van der Waals surface area contributed by atoms with E-state index in [2.05, 4.69) is 92.1 Å². The molecular formula is C70H121NO18. The second-order valence-electron chi connectivity index (χ2n) is 24.3. The minimum absolute atomic E-state index is 0.241. The highest BCUT2D eigenvalue weighted by Gasteiger charge is 2.53. The smallest absolute Gasteiger partial charge is 0.220 e. The van der Waals surface area contributed by atoms with Crippen LogP contribution in [0.1, 0.15) is 219 Å². The molecule has 17 atom stereocenters. The van der Waals surface area contributed by atoms with Crippen molar-refractivity contribution in [1.82, 2.24) is 5.32 Å². The molecular weight excluding hydrogens is 1140 g/mol. The third-order valence-corrected chi connectivity index (χ3v) is 16.7. The fraction of sp³-hybridized carbons (Fsp3) is 0.786. The van der Waals surface area contributed by atoms with E-state index < -0.39 is 124 Å². The molecule has 19 nitrogen and oxygen atoms in total. The van der Waals surface area contributed by atoms with E-state index in [1.807, 2.05) is 6.08 Å². The second kappa shape index (κ2) is 51.4. The first-order valence-corrected chi connectivity index (χ1v) is 34.3. The molecule has 19 heteroatoms. The van der Waals surface area contributed by atoms with Crippen molar-refractivity contribution in [2.75, 3.05) is 26.4 Å². The van der Waals surface area contributed by atoms with Crippen LogP contribution in [0.4, 0.5) is 0 Å². The quantitative estimate of drug-likeness (QED) is 0.0200. The molecule has 0 aromatic rings. The fourth-order valence-corrected chi connectivity index (χ4v) is 11.1. The van der Waals surface area contributed by atoms with Crippen molar-refractivity contribution in [3.05, 3.63) is 85.1 Å². The molecule has 12 N–H and O–H groups in total. The zero-order valence-corrected chi connectivity index (χ0v) is 54.1. The van der Waals surface area contributed by atoms with Crippen molar-refractivity contribution in [2.24, 2.45) is 0 Å². The summed E-state index contributed by atoms with van der Waals surface area (Å²) in [5, 5.41) is 120. The van der Waals surface area contributed by atoms with Crippen molar-refractivity contribution in [3.8, 4) is 0 Å². The van der Waals surface area contributed by atoms with Crippen LogP contribution in [0.5, 0.6) is 0 Å². The lowest BCUT2D eigenvalue weighted by molar-refractivity contribution is -0.379. The maximum Gasteiger partial charge on any atom is 0.220 e. The number of carbonyl (C=O) groups excluding carboxylic acids is 1. The molecule has 0 radical (unpaired) electrons. The van der Waals surface area contributed by atoms with Gasteiger partial charge in [0.2, 0.25) is 5.91 Å². The monoisotopic (exact) mass is 1260 g/mol. The highest BCUT2D eigenvalue weighted by molar-refractivity contribution is 5.76. The molecule has 0 aromatic carbocycles. The van der Waals surface area contributed by atoms with Gasteiger partial charge in [0.05, 0.1) is 38.6 Å². The number of hydrogen-bond acceptors (Lipinski definition) is 18. The Kier molecular flexibility index (Phi) is 46.3. The van der Waals surface area contributed by atoms with Gasteiger partial charge < -0.3 is 89.9 Å². The van der Waals surface area contributed by atoms with E-state index in [1.165, 1.54) is 109 Å². The van der Waals surface area contributed by atoms with Crippen LogP contribution in [-0.2, 0) is 33.2 Å². The van der Waals surface area contributed by atoms with Gasteiger partial charge in [-0.3, -0.25) is 4.79 Å². The number of amides is 1. The van der Waals surface area contributed by atoms with Crippen molar-refractivity contribution in [3.63, 3.8) is 0 Å². The van der Waals surface area contributed by atoms with Crippen LogP contribution in [0, 0.1) is 0 Å². The molecule has 17 unspecified atom stereocenters. The van der Waals surface area contributed by atoms with Crippen LogP contribution in [0.25, 0.3) is 0 Å². The maximum atomic E-state index is 13.2. The lowest BCUT2D eigenvalue weighted by Gasteiger charge is -2.48. The Morgan fingerprint density at radius 1 is 0.416 bits per heavy atom. The van der Waals surface area contributed by atoms with Crippen molar-refractivity contribution >= 4 is 5.91 Å². The van der Waals surface area contributed by atoms with Gasteiger partial charge in [-0.25, -0.2) is 0 Å². The van der Waals surface area contributed by atoms with Gasteiger partial charge in [-0.05, 0) is 70.6 Å². The summed E-state index contributed by atoms with van der Waals surface area (Å²) in [6.07, 6.45) is 39.7. The minimum Gasteiger partial charge on any atom is -0.394 e. The molecule has 0 bridgehead atoms. The summed E-state index contributed by atoms with van der Waals surface area (Å²) in [5.41, 5.74) is 0. The van der Waals surface area contributed by atoms with E-state index >= 15 is 0 Å². The average Bonchev–Trinajstić information content (AvgIpc) is 2.72. The third-order valence-electron chi connectivity index (χ3n) is 16.7. The van der Waals surface area contributed by atoms with E-state index in [9.17, 15) is 61.0 Å². The Morgan fingerprint density at radius 2 is 0.775 bits per heavy atom. The van der Waals surface area contributed by atoms with Gasteiger partial charge in [0.25, 0.3) is 0 Å². The molecule has 3 heterocycles. The van der Waals surface area contributed by atoms with Crippen LogP contribution in [-0.4, -0.2) is 193 Å². The highest BCUT2D eigenvalue weighted by Crippen LogP contribution is 2.33. The summed E-state index contributed by atoms with van der Waals surface area (Å²) in [5.74, 6) is -0.284. The normalized spacial score (nSPS) is 28.8. The van der Waals surface area contributed by atoms with Crippen LogP contribution in [0.3, 0.4) is 0 Å². The average molecular weight is 1260 g/mol. The summed E-state index contributed by atoms with van der Waals surface area (Å²) in [6, 6.07) is -0.970. The first-order chi connectivity index (χ1) is 43.3. The maximum absolute atomic E-state index is 13.2. The molecule has 0 aliphatic carbocycles. The standard InChI is InChI=1S/C70H121NO18/c1-3-5-7-9-10-11-12-13-14-15-16-17-18-19-20-21-22-23-24-25-26-27-28-29-30-31-32-33-34-35-36-37-38-39-40-41-42-44-46-48-58(76)71-53(54(75)47-45-43-8-6-4-2)52-84-68-64(82)61(79)66(56(50-73)86-68)89-70-65(83)62(80)67(57(51-74)87-70)88-69-63(81)60(78)59(77)55(49-72)85-69/h5,7,10-11,13-14,16-17,19-20,22-23,45,47,53-57,59-70,72-75,77-83H,3-4,6,8-9,12,15,18,21,24-44,46,48-52H2,1-2H3,(H,71,76)/b7-5-,11-10-,14-13-,17-16-,20-19-,23-22-,47-45+. The Labute approximate surface area is 533 Å². The van der Waals surface area contributed by atoms with Gasteiger partial charge in [-0.15, -0.1) is 0 Å². The summed E-state index contributed by atoms with van der Waals surface area (Å²) < 4.78 is 34.1. The third kappa shape index (κ3) is 33.6. The van der Waals surface area contributed by atoms with E-state index in [-0.39, 0.29) is 18.9 Å². The zero-order chi connectivity index (χ0) is 64.7. The van der Waals surface area contributed by atoms with Crippen molar-refractivity contribution in [2.45, 2.75) is 324 Å². The summed E-state index contributed by atoms with van der Waals surface area (Å²) in [4.78, 5) is 13.2. The number of unbranched alkanes of at least 4 members (excludes halogenated alkanes) is 23. The van der Waals surface area contributed by atoms with Crippen molar-refractivity contribution < 1.29 is 89.4 Å². The van der Waals surface area contributed by atoms with Crippen molar-refractivity contribution in [1.29, 1.82) is 0 Å². The van der Waals surface area contributed by atoms with E-state index in [1.54, 1.807) is 6.08 Å². The van der Waals surface area contributed by atoms with Crippen LogP contribution >= 0.6 is 0 Å². The number of hydrogen-bond donors (Lipinski definition) is 12. The SMILES string of the molecule is CC/C=C\C/C=C\C/C=C\C/C=C\C/C=C\C/C=C\CCCCCCCCCCCCCCCCCCCCCCC(=O)NC(COC1OC(CO)C(OC2OC(CO)C(OC3OC(CO)C(O)C(O)C3O)C(O)C2O)C(O)C1O)C(O)/C=C/CCCCC. The molecule has 3 saturated heterocycles. The molecule has 0 spiro atoms. The minimum atomic E-state index is -1.98. The van der Waals surface area contributed by atoms with Gasteiger partial charge in [0.1, 0.15) is 73.2 Å². The summed E-state index contributed by atoms with van der Waals surface area (Å²) in [7, 11) is 0. The number of aliphatic hydroxyl groups is 11. The van der Waals surface area contributed by atoms with E-state index in [0.717, 1.165) is 83.5 Å². The number of ether oxygens (including phenoxy) is 6. The number of rotatable bonds is 51. The lowest BCUT2D eigenvalue weighted by atomic mass is 9.96. The largest absolute Gasteiger partial charge is 0.394 e. The first-order valence-electron chi connectivity index (χ1n) is 34.3. The molecule has 3 aliphatic heterocycles. The molecule has 1 amide bonds. The Bertz CT molecular complexity index is 1940. The van der Waals surface area contributed by atoms with Gasteiger partial charge in [-0.2, -0.15) is 0 Å². The lowest BCUT2D eigenvalue weighted by Crippen LogP contribution is -2.66. The molecule has 3 aliphatic rings. The molecule has 0 aromatic heterocycles. The highest BCUT2D eigenvalue weighted by atomic mass is 16.8. The summed E-state index contributed by atoms with van der Waals surface area (Å²) in [6.45, 7) is 1.47. The molecule has 3 rings (SSSR count). The van der Waals surface area contributed by atoms with E-state index in [0.29, 0.717) is 6.42 Å². The Balaban J connectivity index is 1.23. The summed E-state index contributed by atoms with van der Waals surface area (Å²) >= 11 is 0. The van der Waals surface area contributed by atoms with Crippen LogP contribution in [0.2, 0.25) is 0 Å². The number of carbonyl (C=O) groups is 1. The topological polar surface area (TPSA) is 307 Å². The fourth-order valence-electron chi connectivity index (χ4n) is 11.1. The van der Waals surface area contributed by atoms with Gasteiger partial charge >= 0.3 is 0 Å². The van der Waals surface area contributed by atoms with Gasteiger partial charge in [0, 0.05) is 6.42 Å². The molecule has 89 heavy (non-hydrogen) atoms.